The van der Waals surface area contributed by atoms with Crippen molar-refractivity contribution in [2.24, 2.45) is 0 Å². The Bertz CT molecular complexity index is 750. The third-order valence-electron chi connectivity index (χ3n) is 3.47. The van der Waals surface area contributed by atoms with Crippen molar-refractivity contribution in [2.45, 2.75) is 6.54 Å². The van der Waals surface area contributed by atoms with Crippen LogP contribution >= 0.6 is 0 Å². The van der Waals surface area contributed by atoms with E-state index in [-0.39, 0.29) is 12.3 Å². The van der Waals surface area contributed by atoms with E-state index in [4.69, 9.17) is 9.47 Å². The molecule has 1 fully saturated rings. The molecule has 2 aromatic rings. The maximum atomic E-state index is 12.3. The highest BCUT2D eigenvalue weighted by atomic mass is 16.6. The molecule has 2 aromatic carbocycles. The first-order valence-electron chi connectivity index (χ1n) is 7.11. The second kappa shape index (κ2) is 6.36. The van der Waals surface area contributed by atoms with E-state index < -0.39 is 12.0 Å². The first-order valence-corrected chi connectivity index (χ1v) is 7.11. The third-order valence-corrected chi connectivity index (χ3v) is 3.47. The molecular weight excluding hydrogens is 294 g/mol. The lowest BCUT2D eigenvalue weighted by molar-refractivity contribution is -0.123. The van der Waals surface area contributed by atoms with Gasteiger partial charge in [0, 0.05) is 0 Å². The lowest BCUT2D eigenvalue weighted by Crippen LogP contribution is -2.28. The molecule has 3 rings (SSSR count). The first-order chi connectivity index (χ1) is 11.2. The van der Waals surface area contributed by atoms with E-state index in [2.05, 4.69) is 0 Å². The summed E-state index contributed by atoms with van der Waals surface area (Å²) < 4.78 is 10.2. The van der Waals surface area contributed by atoms with E-state index in [1.54, 1.807) is 37.5 Å². The number of nitrogens with zero attached hydrogens (tertiary/aromatic N) is 1. The average molecular weight is 309 g/mol. The van der Waals surface area contributed by atoms with Crippen molar-refractivity contribution in [1.82, 2.24) is 4.90 Å². The van der Waals surface area contributed by atoms with Crippen molar-refractivity contribution < 1.29 is 19.1 Å². The van der Waals surface area contributed by atoms with Crippen LogP contribution < -0.4 is 4.74 Å². The molecule has 0 atom stereocenters. The minimum absolute atomic E-state index is 0.0242. The number of hydrogen-bond acceptors (Lipinski definition) is 4. The topological polar surface area (TPSA) is 55.8 Å². The van der Waals surface area contributed by atoms with Crippen molar-refractivity contribution in [3.05, 3.63) is 71.5 Å². The molecule has 116 valence electrons. The number of benzene rings is 2. The van der Waals surface area contributed by atoms with E-state index in [0.717, 1.165) is 16.0 Å². The summed E-state index contributed by atoms with van der Waals surface area (Å²) in [6, 6.07) is 16.4. The minimum Gasteiger partial charge on any atom is -0.497 e. The molecule has 1 heterocycles. The largest absolute Gasteiger partial charge is 0.497 e. The van der Waals surface area contributed by atoms with Gasteiger partial charge >= 0.3 is 6.09 Å². The quantitative estimate of drug-likeness (QED) is 0.814. The predicted octanol–water partition coefficient (Wildman–Crippen LogP) is 3.22. The number of cyclic esters (lactones) is 1. The molecule has 0 aliphatic carbocycles. The Balaban J connectivity index is 1.78. The van der Waals surface area contributed by atoms with Crippen molar-refractivity contribution in [3.63, 3.8) is 0 Å². The van der Waals surface area contributed by atoms with Gasteiger partial charge in [-0.05, 0) is 29.3 Å². The highest BCUT2D eigenvalue weighted by Crippen LogP contribution is 2.22. The predicted molar refractivity (Wildman–Crippen MR) is 84.4 cm³/mol. The molecule has 0 unspecified atom stereocenters. The number of carbonyl (C=O) groups excluding carboxylic acids is 2. The van der Waals surface area contributed by atoms with E-state index in [0.29, 0.717) is 5.75 Å². The summed E-state index contributed by atoms with van der Waals surface area (Å²) in [5.74, 6) is 0.304. The van der Waals surface area contributed by atoms with Crippen LogP contribution in [0.5, 0.6) is 5.75 Å². The molecule has 0 N–H and O–H groups in total. The molecule has 2 amide bonds. The highest BCUT2D eigenvalue weighted by molar-refractivity contribution is 6.09. The second-order valence-electron chi connectivity index (χ2n) is 5.03. The zero-order valence-corrected chi connectivity index (χ0v) is 12.6. The SMILES string of the molecule is COc1ccc(/C=C2\OC(=O)N(Cc3ccccc3)C2=O)cc1. The smallest absolute Gasteiger partial charge is 0.422 e. The van der Waals surface area contributed by atoms with Gasteiger partial charge in [-0.15, -0.1) is 0 Å². The summed E-state index contributed by atoms with van der Waals surface area (Å²) in [7, 11) is 1.58. The fraction of sp³-hybridized carbons (Fsp3) is 0.111. The molecule has 1 saturated heterocycles. The van der Waals surface area contributed by atoms with Crippen LogP contribution in [0.4, 0.5) is 4.79 Å². The molecule has 0 radical (unpaired) electrons. The molecule has 0 spiro atoms. The van der Waals surface area contributed by atoms with Gasteiger partial charge in [0.15, 0.2) is 5.76 Å². The maximum absolute atomic E-state index is 12.3. The van der Waals surface area contributed by atoms with Crippen LogP contribution in [0.25, 0.3) is 6.08 Å². The number of hydrogen-bond donors (Lipinski definition) is 0. The van der Waals surface area contributed by atoms with Crippen LogP contribution in [-0.4, -0.2) is 24.0 Å². The zero-order valence-electron chi connectivity index (χ0n) is 12.6. The molecule has 5 nitrogen and oxygen atoms in total. The summed E-state index contributed by atoms with van der Waals surface area (Å²) in [5, 5.41) is 0. The van der Waals surface area contributed by atoms with Crippen LogP contribution in [0.1, 0.15) is 11.1 Å². The monoisotopic (exact) mass is 309 g/mol. The Labute approximate surface area is 133 Å². The molecule has 1 aliphatic heterocycles. The van der Waals surface area contributed by atoms with E-state index in [1.165, 1.54) is 0 Å². The van der Waals surface area contributed by atoms with Crippen molar-refractivity contribution in [1.29, 1.82) is 0 Å². The van der Waals surface area contributed by atoms with Crippen LogP contribution in [0.15, 0.2) is 60.4 Å². The van der Waals surface area contributed by atoms with Crippen molar-refractivity contribution >= 4 is 18.1 Å². The van der Waals surface area contributed by atoms with Crippen molar-refractivity contribution in [2.75, 3.05) is 7.11 Å². The summed E-state index contributed by atoms with van der Waals surface area (Å²) in [4.78, 5) is 25.3. The van der Waals surface area contributed by atoms with Gasteiger partial charge in [0.05, 0.1) is 13.7 Å². The van der Waals surface area contributed by atoms with Gasteiger partial charge in [-0.25, -0.2) is 9.69 Å². The molecular formula is C18H15NO4. The number of carbonyl (C=O) groups is 2. The Morgan fingerprint density at radius 1 is 1.04 bits per heavy atom. The summed E-state index contributed by atoms with van der Waals surface area (Å²) in [6.07, 6.45) is 0.892. The van der Waals surface area contributed by atoms with E-state index in [1.807, 2.05) is 30.3 Å². The van der Waals surface area contributed by atoms with Gasteiger partial charge in [0.25, 0.3) is 5.91 Å². The van der Waals surface area contributed by atoms with Gasteiger partial charge < -0.3 is 9.47 Å². The van der Waals surface area contributed by atoms with Crippen LogP contribution in [-0.2, 0) is 16.1 Å². The first kappa shape index (κ1) is 14.8. The number of rotatable bonds is 4. The molecule has 0 aromatic heterocycles. The summed E-state index contributed by atoms with van der Waals surface area (Å²) >= 11 is 0. The van der Waals surface area contributed by atoms with Gasteiger partial charge in [-0.1, -0.05) is 42.5 Å². The van der Waals surface area contributed by atoms with Crippen LogP contribution in [0.3, 0.4) is 0 Å². The Morgan fingerprint density at radius 2 is 1.74 bits per heavy atom. The van der Waals surface area contributed by atoms with E-state index >= 15 is 0 Å². The Hall–Kier alpha value is -3.08. The van der Waals surface area contributed by atoms with Crippen LogP contribution in [0, 0.1) is 0 Å². The number of amides is 2. The number of ether oxygens (including phenoxy) is 2. The third kappa shape index (κ3) is 3.23. The lowest BCUT2D eigenvalue weighted by atomic mass is 10.2. The molecule has 5 heteroatoms. The van der Waals surface area contributed by atoms with Crippen LogP contribution in [0.2, 0.25) is 0 Å². The summed E-state index contributed by atoms with van der Waals surface area (Å²) in [5.41, 5.74) is 1.62. The van der Waals surface area contributed by atoms with Crippen molar-refractivity contribution in [3.8, 4) is 5.75 Å². The Kier molecular flexibility index (Phi) is 4.10. The summed E-state index contributed by atoms with van der Waals surface area (Å²) in [6.45, 7) is 0.193. The van der Waals surface area contributed by atoms with E-state index in [9.17, 15) is 9.59 Å². The standard InChI is InChI=1S/C18H15NO4/c1-22-15-9-7-13(8-10-15)11-16-17(20)19(18(21)23-16)12-14-5-3-2-4-6-14/h2-11H,12H2,1H3/b16-11-. The number of methoxy groups -OCH3 is 1. The maximum Gasteiger partial charge on any atom is 0.422 e. The molecule has 1 aliphatic rings. The number of imide groups is 1. The van der Waals surface area contributed by atoms with Gasteiger partial charge in [0.2, 0.25) is 0 Å². The fourth-order valence-electron chi connectivity index (χ4n) is 2.25. The molecule has 0 bridgehead atoms. The van der Waals surface area contributed by atoms with Gasteiger partial charge in [0.1, 0.15) is 5.75 Å². The molecule has 0 saturated carbocycles. The Morgan fingerprint density at radius 3 is 2.39 bits per heavy atom. The lowest BCUT2D eigenvalue weighted by Gasteiger charge is -2.09. The zero-order chi connectivity index (χ0) is 16.2. The minimum atomic E-state index is -0.654. The van der Waals surface area contributed by atoms with Gasteiger partial charge in [-0.2, -0.15) is 0 Å². The van der Waals surface area contributed by atoms with Gasteiger partial charge in [-0.3, -0.25) is 4.79 Å². The highest BCUT2D eigenvalue weighted by Gasteiger charge is 2.36. The molecule has 23 heavy (non-hydrogen) atoms. The fourth-order valence-corrected chi connectivity index (χ4v) is 2.25. The average Bonchev–Trinajstić information content (AvgIpc) is 2.84. The second-order valence-corrected chi connectivity index (χ2v) is 5.03. The normalized spacial score (nSPS) is 15.9.